The first kappa shape index (κ1) is 27.4. The zero-order valence-corrected chi connectivity index (χ0v) is 21.5. The van der Waals surface area contributed by atoms with Crippen LogP contribution in [0, 0.1) is 5.41 Å². The third kappa shape index (κ3) is 7.78. The second-order valence-corrected chi connectivity index (χ2v) is 9.36. The summed E-state index contributed by atoms with van der Waals surface area (Å²) in [5.41, 5.74) is 5.98. The molecule has 174 valence electrons. The van der Waals surface area contributed by atoms with Gasteiger partial charge in [0.2, 0.25) is 0 Å². The third-order valence-corrected chi connectivity index (χ3v) is 5.45. The number of allylic oxidation sites excluding steroid dienone is 7. The average Bonchev–Trinajstić information content (AvgIpc) is 2.75. The van der Waals surface area contributed by atoms with Crippen LogP contribution in [0.15, 0.2) is 70.6 Å². The SMILES string of the molecule is CC.CC(C)=CN/C(C)=C/CC(C)(C)C/C(C)=C/CC1=C(C)C(=O)c2ccccc2C1=O. The predicted octanol–water partition coefficient (Wildman–Crippen LogP) is 7.97. The summed E-state index contributed by atoms with van der Waals surface area (Å²) in [5.74, 6) is -0.0500. The van der Waals surface area contributed by atoms with Crippen molar-refractivity contribution >= 4 is 11.6 Å². The van der Waals surface area contributed by atoms with E-state index in [2.05, 4.69) is 59.0 Å². The Bertz CT molecular complexity index is 951. The van der Waals surface area contributed by atoms with Crippen molar-refractivity contribution in [2.45, 2.75) is 81.6 Å². The topological polar surface area (TPSA) is 46.2 Å². The van der Waals surface area contributed by atoms with E-state index in [4.69, 9.17) is 0 Å². The molecule has 1 N–H and O–H groups in total. The van der Waals surface area contributed by atoms with Gasteiger partial charge in [0.15, 0.2) is 11.6 Å². The van der Waals surface area contributed by atoms with E-state index in [-0.39, 0.29) is 17.0 Å². The largest absolute Gasteiger partial charge is 0.366 e. The highest BCUT2D eigenvalue weighted by Gasteiger charge is 2.28. The molecule has 1 aliphatic carbocycles. The van der Waals surface area contributed by atoms with Gasteiger partial charge < -0.3 is 5.32 Å². The highest BCUT2D eigenvalue weighted by Crippen LogP contribution is 2.32. The lowest BCUT2D eigenvalue weighted by molar-refractivity contribution is 0.0973. The molecule has 32 heavy (non-hydrogen) atoms. The van der Waals surface area contributed by atoms with Crippen LogP contribution in [0.5, 0.6) is 0 Å². The Morgan fingerprint density at radius 1 is 0.938 bits per heavy atom. The van der Waals surface area contributed by atoms with Crippen LogP contribution >= 0.6 is 0 Å². The van der Waals surface area contributed by atoms with Crippen LogP contribution < -0.4 is 5.32 Å². The summed E-state index contributed by atoms with van der Waals surface area (Å²) in [6, 6.07) is 7.11. The minimum absolute atomic E-state index is 0.0186. The van der Waals surface area contributed by atoms with Gasteiger partial charge in [-0.2, -0.15) is 0 Å². The summed E-state index contributed by atoms with van der Waals surface area (Å²) >= 11 is 0. The molecule has 1 aliphatic rings. The van der Waals surface area contributed by atoms with Crippen molar-refractivity contribution in [3.63, 3.8) is 0 Å². The number of benzene rings is 1. The Morgan fingerprint density at radius 2 is 1.50 bits per heavy atom. The monoisotopic (exact) mass is 435 g/mol. The molecule has 0 fully saturated rings. The van der Waals surface area contributed by atoms with Crippen molar-refractivity contribution in [1.29, 1.82) is 0 Å². The maximum Gasteiger partial charge on any atom is 0.190 e. The third-order valence-electron chi connectivity index (χ3n) is 5.45. The van der Waals surface area contributed by atoms with E-state index in [9.17, 15) is 9.59 Å². The van der Waals surface area contributed by atoms with Gasteiger partial charge in [0, 0.05) is 28.0 Å². The Kier molecular flexibility index (Phi) is 10.6. The number of carbonyl (C=O) groups is 2. The minimum Gasteiger partial charge on any atom is -0.366 e. The first-order chi connectivity index (χ1) is 15.0. The highest BCUT2D eigenvalue weighted by molar-refractivity contribution is 6.26. The summed E-state index contributed by atoms with van der Waals surface area (Å²) in [6.45, 7) is 18.6. The van der Waals surface area contributed by atoms with E-state index in [1.54, 1.807) is 25.1 Å². The molecule has 0 heterocycles. The van der Waals surface area contributed by atoms with Crippen LogP contribution in [0.2, 0.25) is 0 Å². The van der Waals surface area contributed by atoms with Gasteiger partial charge in [0.05, 0.1) is 0 Å². The van der Waals surface area contributed by atoms with E-state index in [1.165, 1.54) is 11.1 Å². The number of Topliss-reactive ketones (excluding diaryl/α,β-unsaturated/α-hetero) is 2. The van der Waals surface area contributed by atoms with Gasteiger partial charge in [-0.3, -0.25) is 9.59 Å². The highest BCUT2D eigenvalue weighted by atomic mass is 16.1. The number of fused-ring (bicyclic) bond motifs is 1. The van der Waals surface area contributed by atoms with E-state index in [0.29, 0.717) is 28.7 Å². The van der Waals surface area contributed by atoms with E-state index in [1.807, 2.05) is 26.1 Å². The number of carbonyl (C=O) groups excluding carboxylic acids is 2. The summed E-state index contributed by atoms with van der Waals surface area (Å²) in [7, 11) is 0. The van der Waals surface area contributed by atoms with Crippen LogP contribution in [-0.4, -0.2) is 11.6 Å². The summed E-state index contributed by atoms with van der Waals surface area (Å²) in [4.78, 5) is 25.5. The van der Waals surface area contributed by atoms with E-state index in [0.717, 1.165) is 18.5 Å². The lowest BCUT2D eigenvalue weighted by Gasteiger charge is -2.24. The molecule has 0 spiro atoms. The second kappa shape index (κ2) is 12.4. The molecular formula is C29H41NO2. The Labute approximate surface area is 195 Å². The molecule has 0 saturated heterocycles. The van der Waals surface area contributed by atoms with Gasteiger partial charge in [0.1, 0.15) is 0 Å². The van der Waals surface area contributed by atoms with Crippen molar-refractivity contribution in [3.8, 4) is 0 Å². The molecule has 0 aliphatic heterocycles. The zero-order chi connectivity index (χ0) is 24.5. The summed E-state index contributed by atoms with van der Waals surface area (Å²) < 4.78 is 0. The van der Waals surface area contributed by atoms with E-state index >= 15 is 0 Å². The number of ketones is 2. The number of hydrogen-bond donors (Lipinski definition) is 1. The lowest BCUT2D eigenvalue weighted by Crippen LogP contribution is -2.20. The van der Waals surface area contributed by atoms with Gasteiger partial charge >= 0.3 is 0 Å². The van der Waals surface area contributed by atoms with Crippen molar-refractivity contribution in [1.82, 2.24) is 5.32 Å². The summed E-state index contributed by atoms with van der Waals surface area (Å²) in [5, 5.41) is 3.31. The van der Waals surface area contributed by atoms with E-state index < -0.39 is 0 Å². The molecule has 0 aromatic heterocycles. The van der Waals surface area contributed by atoms with Crippen molar-refractivity contribution < 1.29 is 9.59 Å². The van der Waals surface area contributed by atoms with Gasteiger partial charge in [-0.05, 0) is 65.5 Å². The molecule has 0 atom stereocenters. The van der Waals surface area contributed by atoms with Crippen molar-refractivity contribution in [3.05, 3.63) is 81.7 Å². The molecule has 3 heteroatoms. The second-order valence-electron chi connectivity index (χ2n) is 9.36. The lowest BCUT2D eigenvalue weighted by atomic mass is 9.81. The van der Waals surface area contributed by atoms with Crippen LogP contribution in [0.3, 0.4) is 0 Å². The van der Waals surface area contributed by atoms with Crippen LogP contribution in [-0.2, 0) is 0 Å². The molecule has 1 aromatic carbocycles. The maximum absolute atomic E-state index is 12.9. The smallest absolute Gasteiger partial charge is 0.190 e. The Hall–Kier alpha value is -2.68. The Balaban J connectivity index is 0.00000249. The average molecular weight is 436 g/mol. The first-order valence-electron chi connectivity index (χ1n) is 11.6. The molecule has 0 radical (unpaired) electrons. The molecule has 2 rings (SSSR count). The molecule has 0 saturated carbocycles. The van der Waals surface area contributed by atoms with Gasteiger partial charge in [-0.15, -0.1) is 0 Å². The minimum atomic E-state index is -0.0314. The summed E-state index contributed by atoms with van der Waals surface area (Å²) in [6.07, 6.45) is 8.76. The van der Waals surface area contributed by atoms with Crippen LogP contribution in [0.1, 0.15) is 102 Å². The quantitative estimate of drug-likeness (QED) is 0.421. The van der Waals surface area contributed by atoms with Crippen LogP contribution in [0.25, 0.3) is 0 Å². The van der Waals surface area contributed by atoms with Crippen molar-refractivity contribution in [2.24, 2.45) is 5.41 Å². The first-order valence-corrected chi connectivity index (χ1v) is 11.6. The van der Waals surface area contributed by atoms with Gasteiger partial charge in [-0.1, -0.05) is 75.3 Å². The Morgan fingerprint density at radius 3 is 2.06 bits per heavy atom. The molecule has 3 nitrogen and oxygen atoms in total. The standard InChI is InChI=1S/C27H35NO2.C2H6/c1-18(2)17-28-20(4)14-15-27(6,7)16-19(3)12-13-22-21(5)25(29)23-10-8-9-11-24(23)26(22)30;1-2/h8-12,14,17,28H,13,15-16H2,1-7H3;1-2H3/b19-12+,20-14+;. The number of hydrogen-bond acceptors (Lipinski definition) is 3. The predicted molar refractivity (Wildman–Crippen MR) is 137 cm³/mol. The fourth-order valence-electron chi connectivity index (χ4n) is 3.72. The molecular weight excluding hydrogens is 394 g/mol. The zero-order valence-electron chi connectivity index (χ0n) is 21.5. The van der Waals surface area contributed by atoms with Crippen molar-refractivity contribution in [2.75, 3.05) is 0 Å². The number of nitrogens with one attached hydrogen (secondary N) is 1. The fourth-order valence-corrected chi connectivity index (χ4v) is 3.72. The molecule has 0 unspecified atom stereocenters. The van der Waals surface area contributed by atoms with Gasteiger partial charge in [0.25, 0.3) is 0 Å². The van der Waals surface area contributed by atoms with Gasteiger partial charge in [-0.25, -0.2) is 0 Å². The maximum atomic E-state index is 12.9. The molecule has 0 bridgehead atoms. The molecule has 1 aromatic rings. The fraction of sp³-hybridized carbons (Fsp3) is 0.448. The molecule has 0 amide bonds. The number of rotatable bonds is 8. The van der Waals surface area contributed by atoms with Crippen LogP contribution in [0.4, 0.5) is 0 Å². The normalized spacial score (nSPS) is 14.5.